The maximum absolute atomic E-state index is 13.3. The third-order valence-electron chi connectivity index (χ3n) is 7.04. The van der Waals surface area contributed by atoms with Gasteiger partial charge in [-0.1, -0.05) is 68.4 Å². The summed E-state index contributed by atoms with van der Waals surface area (Å²) in [6.07, 6.45) is 1.72. The molecule has 0 N–H and O–H groups in total. The van der Waals surface area contributed by atoms with Crippen molar-refractivity contribution in [2.45, 2.75) is 33.3 Å². The van der Waals surface area contributed by atoms with Crippen LogP contribution in [0.4, 0.5) is 0 Å². The fourth-order valence-corrected chi connectivity index (χ4v) is 4.80. The maximum atomic E-state index is 13.3. The van der Waals surface area contributed by atoms with Gasteiger partial charge in [-0.15, -0.1) is 0 Å². The van der Waals surface area contributed by atoms with Crippen molar-refractivity contribution in [2.75, 3.05) is 0 Å². The van der Waals surface area contributed by atoms with E-state index >= 15 is 0 Å². The van der Waals surface area contributed by atoms with E-state index in [1.165, 1.54) is 5.56 Å². The largest absolute Gasteiger partial charge is 0.489 e. The molecule has 0 amide bonds. The third kappa shape index (κ3) is 5.37. The van der Waals surface area contributed by atoms with E-state index in [9.17, 15) is 9.59 Å². The lowest BCUT2D eigenvalue weighted by Gasteiger charge is -2.07. The zero-order valence-electron chi connectivity index (χ0n) is 23.0. The summed E-state index contributed by atoms with van der Waals surface area (Å²) >= 11 is 0. The second-order valence-electron chi connectivity index (χ2n) is 10.3. The molecule has 0 radical (unpaired) electrons. The normalized spacial score (nSPS) is 13.5. The Balaban J connectivity index is 1.20. The minimum absolute atomic E-state index is 0.217. The van der Waals surface area contributed by atoms with Gasteiger partial charge in [-0.25, -0.2) is 4.79 Å². The predicted molar refractivity (Wildman–Crippen MR) is 157 cm³/mol. The Labute approximate surface area is 237 Å². The Kier molecular flexibility index (Phi) is 6.89. The summed E-state index contributed by atoms with van der Waals surface area (Å²) in [7, 11) is 0. The van der Waals surface area contributed by atoms with Gasteiger partial charge in [-0.3, -0.25) is 4.79 Å². The summed E-state index contributed by atoms with van der Waals surface area (Å²) in [6.45, 7) is 6.38. The van der Waals surface area contributed by atoms with Crippen LogP contribution < -0.4 is 14.2 Å². The number of esters is 1. The number of ketones is 1. The number of hydrogen-bond donors (Lipinski definition) is 0. The molecule has 0 bridgehead atoms. The van der Waals surface area contributed by atoms with E-state index in [0.29, 0.717) is 51.9 Å². The van der Waals surface area contributed by atoms with Crippen molar-refractivity contribution in [3.05, 3.63) is 130 Å². The number of hydrogen-bond acceptors (Lipinski definition) is 6. The van der Waals surface area contributed by atoms with Crippen LogP contribution >= 0.6 is 0 Å². The topological polar surface area (TPSA) is 75.0 Å². The fourth-order valence-electron chi connectivity index (χ4n) is 4.80. The molecule has 4 aromatic carbocycles. The molecular formula is C35H28O6. The Morgan fingerprint density at radius 2 is 1.66 bits per heavy atom. The number of ether oxygens (including phenoxy) is 3. The molecule has 6 heteroatoms. The molecule has 0 saturated heterocycles. The van der Waals surface area contributed by atoms with Gasteiger partial charge >= 0.3 is 5.97 Å². The van der Waals surface area contributed by atoms with Crippen molar-refractivity contribution in [3.63, 3.8) is 0 Å². The molecule has 0 saturated carbocycles. The van der Waals surface area contributed by atoms with E-state index < -0.39 is 5.97 Å². The number of furan rings is 1. The first-order valence-electron chi connectivity index (χ1n) is 13.5. The van der Waals surface area contributed by atoms with Crippen molar-refractivity contribution in [1.82, 2.24) is 0 Å². The van der Waals surface area contributed by atoms with Gasteiger partial charge in [-0.05, 0) is 65.9 Å². The number of fused-ring (bicyclic) bond motifs is 2. The first-order chi connectivity index (χ1) is 19.9. The van der Waals surface area contributed by atoms with E-state index in [1.54, 1.807) is 43.3 Å². The minimum Gasteiger partial charge on any atom is -0.489 e. The van der Waals surface area contributed by atoms with Crippen LogP contribution in [0.5, 0.6) is 17.2 Å². The lowest BCUT2D eigenvalue weighted by Crippen LogP contribution is -2.09. The van der Waals surface area contributed by atoms with E-state index in [4.69, 9.17) is 18.6 Å². The highest BCUT2D eigenvalue weighted by Crippen LogP contribution is 2.36. The molecule has 0 fully saturated rings. The Morgan fingerprint density at radius 1 is 0.902 bits per heavy atom. The molecule has 0 aliphatic carbocycles. The SMILES string of the molecule is Cc1oc2ccc(OCc3ccccc3)cc2c1C(=O)Oc1ccc2c(c1)O/C(=C\c1ccc(C(C)C)cc1)C2=O. The molecular weight excluding hydrogens is 516 g/mol. The number of aryl methyl sites for hydroxylation is 1. The minimum atomic E-state index is -0.577. The van der Waals surface area contributed by atoms with Crippen LogP contribution in [0.15, 0.2) is 101 Å². The van der Waals surface area contributed by atoms with Gasteiger partial charge in [0.1, 0.15) is 40.8 Å². The van der Waals surface area contributed by atoms with Crippen LogP contribution in [0.25, 0.3) is 17.0 Å². The summed E-state index contributed by atoms with van der Waals surface area (Å²) in [4.78, 5) is 26.2. The molecule has 5 aromatic rings. The van der Waals surface area contributed by atoms with Crippen LogP contribution in [-0.2, 0) is 6.61 Å². The fraction of sp³-hybridized carbons (Fsp3) is 0.143. The van der Waals surface area contributed by atoms with Crippen molar-refractivity contribution in [2.24, 2.45) is 0 Å². The molecule has 1 aliphatic rings. The molecule has 6 rings (SSSR count). The number of allylic oxidation sites excluding steroid dienone is 1. The predicted octanol–water partition coefficient (Wildman–Crippen LogP) is 8.28. The first kappa shape index (κ1) is 26.1. The van der Waals surface area contributed by atoms with E-state index in [-0.39, 0.29) is 17.3 Å². The van der Waals surface area contributed by atoms with Crippen LogP contribution in [0.2, 0.25) is 0 Å². The van der Waals surface area contributed by atoms with Crippen LogP contribution in [0, 0.1) is 6.92 Å². The number of benzene rings is 4. The number of Topliss-reactive ketones (excluding diaryl/α,β-unsaturated/α-hetero) is 1. The number of carbonyl (C=O) groups is 2. The number of rotatable bonds is 7. The summed E-state index contributed by atoms with van der Waals surface area (Å²) in [6, 6.07) is 28.0. The molecule has 1 aliphatic heterocycles. The van der Waals surface area contributed by atoms with Gasteiger partial charge in [0.2, 0.25) is 5.78 Å². The number of carbonyl (C=O) groups excluding carboxylic acids is 2. The smallest absolute Gasteiger partial charge is 0.347 e. The van der Waals surface area contributed by atoms with E-state index in [2.05, 4.69) is 13.8 Å². The average molecular weight is 545 g/mol. The van der Waals surface area contributed by atoms with Crippen LogP contribution in [-0.4, -0.2) is 11.8 Å². The average Bonchev–Trinajstić information content (AvgIpc) is 3.47. The molecule has 0 atom stereocenters. The van der Waals surface area contributed by atoms with Crippen molar-refractivity contribution in [1.29, 1.82) is 0 Å². The lowest BCUT2D eigenvalue weighted by atomic mass is 10.0. The Hall–Kier alpha value is -5.10. The van der Waals surface area contributed by atoms with Gasteiger partial charge in [0.05, 0.1) is 5.56 Å². The Morgan fingerprint density at radius 3 is 2.41 bits per heavy atom. The third-order valence-corrected chi connectivity index (χ3v) is 7.04. The van der Waals surface area contributed by atoms with Gasteiger partial charge in [0.15, 0.2) is 5.76 Å². The van der Waals surface area contributed by atoms with Crippen molar-refractivity contribution < 1.29 is 28.2 Å². The molecule has 2 heterocycles. The van der Waals surface area contributed by atoms with Gasteiger partial charge in [0.25, 0.3) is 0 Å². The zero-order valence-corrected chi connectivity index (χ0v) is 23.0. The van der Waals surface area contributed by atoms with Gasteiger partial charge < -0.3 is 18.6 Å². The van der Waals surface area contributed by atoms with Crippen molar-refractivity contribution in [3.8, 4) is 17.2 Å². The zero-order chi connectivity index (χ0) is 28.5. The van der Waals surface area contributed by atoms with E-state index in [1.807, 2.05) is 60.7 Å². The lowest BCUT2D eigenvalue weighted by molar-refractivity contribution is 0.0734. The van der Waals surface area contributed by atoms with Crippen LogP contribution in [0.1, 0.15) is 62.9 Å². The van der Waals surface area contributed by atoms with Gasteiger partial charge in [-0.2, -0.15) is 0 Å². The standard InChI is InChI=1S/C35H28O6/c1-21(2)25-11-9-23(10-12-25)17-32-34(36)28-15-13-27(19-31(28)41-32)40-35(37)33-22(3)39-30-16-14-26(18-29(30)33)38-20-24-7-5-4-6-8-24/h4-19,21H,20H2,1-3H3/b32-17-. The molecule has 204 valence electrons. The molecule has 0 unspecified atom stereocenters. The molecule has 6 nitrogen and oxygen atoms in total. The van der Waals surface area contributed by atoms with E-state index in [0.717, 1.165) is 11.1 Å². The summed E-state index contributed by atoms with van der Waals surface area (Å²) < 4.78 is 23.4. The second kappa shape index (κ2) is 10.8. The molecule has 41 heavy (non-hydrogen) atoms. The van der Waals surface area contributed by atoms with Crippen LogP contribution in [0.3, 0.4) is 0 Å². The highest BCUT2D eigenvalue weighted by molar-refractivity contribution is 6.14. The van der Waals surface area contributed by atoms with Crippen molar-refractivity contribution >= 4 is 28.8 Å². The first-order valence-corrected chi connectivity index (χ1v) is 13.5. The summed E-state index contributed by atoms with van der Waals surface area (Å²) in [5.41, 5.74) is 4.41. The second-order valence-corrected chi connectivity index (χ2v) is 10.3. The maximum Gasteiger partial charge on any atom is 0.347 e. The molecule has 1 aromatic heterocycles. The summed E-state index contributed by atoms with van der Waals surface area (Å²) in [5, 5.41) is 0.597. The quantitative estimate of drug-likeness (QED) is 0.117. The molecule has 0 spiro atoms. The van der Waals surface area contributed by atoms with Gasteiger partial charge in [0, 0.05) is 11.5 Å². The highest BCUT2D eigenvalue weighted by atomic mass is 16.5. The summed E-state index contributed by atoms with van der Waals surface area (Å²) in [5.74, 6) is 1.50. The highest BCUT2D eigenvalue weighted by Gasteiger charge is 2.29. The Bertz CT molecular complexity index is 1790. The monoisotopic (exact) mass is 544 g/mol.